The molecular weight excluding hydrogens is 212 g/mol. The average Bonchev–Trinajstić information content (AvgIpc) is 2.57. The van der Waals surface area contributed by atoms with Crippen LogP contribution < -0.4 is 5.73 Å². The van der Waals surface area contributed by atoms with E-state index in [1.165, 1.54) is 11.3 Å². The van der Waals surface area contributed by atoms with E-state index in [1.54, 1.807) is 0 Å². The summed E-state index contributed by atoms with van der Waals surface area (Å²) in [6.45, 7) is 2.24. The molecule has 0 saturated carbocycles. The smallest absolute Gasteiger partial charge is 0.315 e. The third kappa shape index (κ3) is 1.97. The van der Waals surface area contributed by atoms with Gasteiger partial charge in [-0.3, -0.25) is 4.79 Å². The summed E-state index contributed by atoms with van der Waals surface area (Å²) in [4.78, 5) is 17.1. The van der Waals surface area contributed by atoms with Crippen molar-refractivity contribution in [1.82, 2.24) is 4.98 Å². The van der Waals surface area contributed by atoms with Gasteiger partial charge in [-0.05, 0) is 26.2 Å². The number of nitrogens with two attached hydrogens (primary N) is 1. The van der Waals surface area contributed by atoms with Crippen molar-refractivity contribution >= 4 is 22.4 Å². The molecule has 1 aromatic heterocycles. The van der Waals surface area contributed by atoms with Crippen molar-refractivity contribution in [3.63, 3.8) is 0 Å². The van der Waals surface area contributed by atoms with Gasteiger partial charge in [0.25, 0.3) is 0 Å². The normalized spacial score (nSPS) is 19.7. The number of hydrogen-bond donors (Lipinski definition) is 1. The van der Waals surface area contributed by atoms with E-state index >= 15 is 0 Å². The molecule has 0 fully saturated rings. The van der Waals surface area contributed by atoms with E-state index in [1.807, 2.05) is 6.92 Å². The minimum Gasteiger partial charge on any atom is -0.465 e. The topological polar surface area (TPSA) is 65.2 Å². The highest BCUT2D eigenvalue weighted by atomic mass is 32.1. The molecule has 0 aliphatic heterocycles. The van der Waals surface area contributed by atoms with Gasteiger partial charge < -0.3 is 10.5 Å². The Bertz CT molecular complexity index is 375. The molecule has 0 unspecified atom stereocenters. The number of esters is 1. The van der Waals surface area contributed by atoms with E-state index in [0.29, 0.717) is 11.7 Å². The Balaban J connectivity index is 2.25. The van der Waals surface area contributed by atoms with Crippen LogP contribution in [-0.2, 0) is 16.0 Å². The number of aromatic nitrogens is 1. The minimum absolute atomic E-state index is 0.163. The Hall–Kier alpha value is -1.10. The summed E-state index contributed by atoms with van der Waals surface area (Å²) in [5.41, 5.74) is 6.50. The Morgan fingerprint density at radius 2 is 2.53 bits per heavy atom. The summed E-state index contributed by atoms with van der Waals surface area (Å²) in [5, 5.41) is 0.552. The molecule has 0 amide bonds. The molecule has 82 valence electrons. The van der Waals surface area contributed by atoms with Crippen LogP contribution in [-0.4, -0.2) is 17.6 Å². The number of nitrogen functional groups attached to an aromatic ring is 1. The Morgan fingerprint density at radius 3 is 3.27 bits per heavy atom. The van der Waals surface area contributed by atoms with Crippen LogP contribution in [0.1, 0.15) is 36.3 Å². The van der Waals surface area contributed by atoms with Crippen LogP contribution in [0.3, 0.4) is 0 Å². The quantitative estimate of drug-likeness (QED) is 0.780. The van der Waals surface area contributed by atoms with Crippen molar-refractivity contribution in [2.75, 3.05) is 12.3 Å². The summed E-state index contributed by atoms with van der Waals surface area (Å²) in [7, 11) is 0. The van der Waals surface area contributed by atoms with Gasteiger partial charge in [0.1, 0.15) is 5.92 Å². The van der Waals surface area contributed by atoms with Gasteiger partial charge in [0.2, 0.25) is 0 Å². The molecule has 1 aliphatic carbocycles. The van der Waals surface area contributed by atoms with Crippen LogP contribution in [0.2, 0.25) is 0 Å². The summed E-state index contributed by atoms with van der Waals surface area (Å²) in [6, 6.07) is 0. The van der Waals surface area contributed by atoms with E-state index in [9.17, 15) is 4.79 Å². The largest absolute Gasteiger partial charge is 0.465 e. The number of carbonyl (C=O) groups excluding carboxylic acids is 1. The highest BCUT2D eigenvalue weighted by Crippen LogP contribution is 2.36. The van der Waals surface area contributed by atoms with E-state index in [2.05, 4.69) is 4.98 Å². The van der Waals surface area contributed by atoms with Gasteiger partial charge in [0.05, 0.1) is 12.3 Å². The van der Waals surface area contributed by atoms with Gasteiger partial charge in [0.15, 0.2) is 5.13 Å². The molecule has 0 radical (unpaired) electrons. The van der Waals surface area contributed by atoms with Gasteiger partial charge in [-0.15, -0.1) is 11.3 Å². The predicted molar refractivity (Wildman–Crippen MR) is 58.8 cm³/mol. The zero-order chi connectivity index (χ0) is 10.8. The van der Waals surface area contributed by atoms with Gasteiger partial charge >= 0.3 is 5.97 Å². The lowest BCUT2D eigenvalue weighted by Crippen LogP contribution is -2.20. The number of thiazole rings is 1. The lowest BCUT2D eigenvalue weighted by atomic mass is 9.91. The molecule has 2 N–H and O–H groups in total. The SMILES string of the molecule is CCOC(=O)[C@H]1CCCc2sc(N)nc21. The minimum atomic E-state index is -0.192. The fourth-order valence-corrected chi connectivity index (χ4v) is 2.84. The molecular formula is C10H14N2O2S. The Kier molecular flexibility index (Phi) is 2.90. The van der Waals surface area contributed by atoms with Crippen molar-refractivity contribution in [1.29, 1.82) is 0 Å². The van der Waals surface area contributed by atoms with Crippen LogP contribution in [0.4, 0.5) is 5.13 Å². The van der Waals surface area contributed by atoms with Gasteiger partial charge in [0, 0.05) is 4.88 Å². The summed E-state index contributed by atoms with van der Waals surface area (Å²) >= 11 is 1.49. The van der Waals surface area contributed by atoms with Gasteiger partial charge in [-0.1, -0.05) is 0 Å². The zero-order valence-corrected chi connectivity index (χ0v) is 9.47. The third-order valence-electron chi connectivity index (χ3n) is 2.54. The number of fused-ring (bicyclic) bond motifs is 1. The molecule has 2 rings (SSSR count). The Labute approximate surface area is 92.5 Å². The highest BCUT2D eigenvalue weighted by molar-refractivity contribution is 7.15. The first kappa shape index (κ1) is 10.4. The number of rotatable bonds is 2. The molecule has 4 nitrogen and oxygen atoms in total. The van der Waals surface area contributed by atoms with E-state index in [-0.39, 0.29) is 11.9 Å². The molecule has 1 aliphatic rings. The summed E-state index contributed by atoms with van der Waals surface area (Å²) < 4.78 is 5.03. The molecule has 0 aromatic carbocycles. The second-order valence-electron chi connectivity index (χ2n) is 3.56. The molecule has 1 aromatic rings. The maximum absolute atomic E-state index is 11.7. The average molecular weight is 226 g/mol. The molecule has 1 heterocycles. The van der Waals surface area contributed by atoms with Crippen LogP contribution in [0.5, 0.6) is 0 Å². The van der Waals surface area contributed by atoms with E-state index in [0.717, 1.165) is 29.8 Å². The van der Waals surface area contributed by atoms with Crippen molar-refractivity contribution in [3.05, 3.63) is 10.6 Å². The molecule has 0 saturated heterocycles. The molecule has 0 bridgehead atoms. The number of hydrogen-bond acceptors (Lipinski definition) is 5. The number of anilines is 1. The first-order valence-electron chi connectivity index (χ1n) is 5.14. The number of aryl methyl sites for hydroxylation is 1. The predicted octanol–water partition coefficient (Wildman–Crippen LogP) is 1.71. The van der Waals surface area contributed by atoms with E-state index < -0.39 is 0 Å². The fourth-order valence-electron chi connectivity index (χ4n) is 1.91. The first-order valence-corrected chi connectivity index (χ1v) is 5.95. The monoisotopic (exact) mass is 226 g/mol. The second kappa shape index (κ2) is 4.18. The molecule has 1 atom stereocenters. The lowest BCUT2D eigenvalue weighted by Gasteiger charge is -2.18. The van der Waals surface area contributed by atoms with Crippen LogP contribution >= 0.6 is 11.3 Å². The third-order valence-corrected chi connectivity index (χ3v) is 3.50. The number of carbonyl (C=O) groups is 1. The zero-order valence-electron chi connectivity index (χ0n) is 8.66. The maximum Gasteiger partial charge on any atom is 0.315 e. The fraction of sp³-hybridized carbons (Fsp3) is 0.600. The lowest BCUT2D eigenvalue weighted by molar-refractivity contribution is -0.145. The maximum atomic E-state index is 11.7. The number of nitrogens with zero attached hydrogens (tertiary/aromatic N) is 1. The van der Waals surface area contributed by atoms with Crippen LogP contribution in [0.15, 0.2) is 0 Å². The van der Waals surface area contributed by atoms with Crippen molar-refractivity contribution in [3.8, 4) is 0 Å². The first-order chi connectivity index (χ1) is 7.22. The van der Waals surface area contributed by atoms with Crippen molar-refractivity contribution in [2.24, 2.45) is 0 Å². The summed E-state index contributed by atoms with van der Waals surface area (Å²) in [6.07, 6.45) is 2.83. The Morgan fingerprint density at radius 1 is 1.73 bits per heavy atom. The van der Waals surface area contributed by atoms with Gasteiger partial charge in [-0.2, -0.15) is 0 Å². The van der Waals surface area contributed by atoms with Gasteiger partial charge in [-0.25, -0.2) is 4.98 Å². The molecule has 5 heteroatoms. The standard InChI is InChI=1S/C10H14N2O2S/c1-2-14-9(13)6-4-3-5-7-8(6)12-10(11)15-7/h6H,2-5H2,1H3,(H2,11,12)/t6-/m0/s1. The van der Waals surface area contributed by atoms with Crippen LogP contribution in [0.25, 0.3) is 0 Å². The number of ether oxygens (including phenoxy) is 1. The van der Waals surface area contributed by atoms with E-state index in [4.69, 9.17) is 10.5 Å². The second-order valence-corrected chi connectivity index (χ2v) is 4.67. The molecule has 15 heavy (non-hydrogen) atoms. The van der Waals surface area contributed by atoms with Crippen molar-refractivity contribution in [2.45, 2.75) is 32.1 Å². The highest BCUT2D eigenvalue weighted by Gasteiger charge is 2.30. The summed E-state index contributed by atoms with van der Waals surface area (Å²) in [5.74, 6) is -0.356. The van der Waals surface area contributed by atoms with Crippen molar-refractivity contribution < 1.29 is 9.53 Å². The van der Waals surface area contributed by atoms with Crippen LogP contribution in [0, 0.1) is 0 Å². The molecule has 0 spiro atoms.